The molecule has 0 bridgehead atoms. The summed E-state index contributed by atoms with van der Waals surface area (Å²) in [6, 6.07) is 7.11. The Morgan fingerprint density at radius 1 is 1.31 bits per heavy atom. The molecule has 7 heteroatoms. The summed E-state index contributed by atoms with van der Waals surface area (Å²) in [4.78, 5) is 18.9. The van der Waals surface area contributed by atoms with Gasteiger partial charge in [-0.05, 0) is 19.2 Å². The maximum Gasteiger partial charge on any atom is 0.322 e. The summed E-state index contributed by atoms with van der Waals surface area (Å²) in [5.41, 5.74) is 0.622. The average molecular weight is 360 g/mol. The minimum atomic E-state index is -0.517. The smallest absolute Gasteiger partial charge is 0.322 e. The van der Waals surface area contributed by atoms with E-state index in [9.17, 15) is 9.90 Å². The van der Waals surface area contributed by atoms with Crippen molar-refractivity contribution >= 4 is 11.7 Å². The number of benzene rings is 1. The number of aliphatic hydroxyl groups is 1. The van der Waals surface area contributed by atoms with Crippen molar-refractivity contribution in [1.29, 1.82) is 0 Å². The predicted molar refractivity (Wildman–Crippen MR) is 102 cm³/mol. The number of aliphatic hydroxyl groups excluding tert-OH is 1. The van der Waals surface area contributed by atoms with Gasteiger partial charge in [0, 0.05) is 32.7 Å². The van der Waals surface area contributed by atoms with Gasteiger partial charge in [-0.1, -0.05) is 24.8 Å². The standard InChI is InChI=1S/C19H28N4O3/c1-3-12-26-18-7-5-4-6-15(18)20-19(25)23-13-16(17(24)14-23)22-10-8-21(2)9-11-22/h3-7,16-17,24H,1,8-14H2,2H3,(H,20,25)/t16-,17-/m1/s1. The first kappa shape index (κ1) is 18.7. The second kappa shape index (κ2) is 8.53. The third-order valence-electron chi connectivity index (χ3n) is 5.04. The molecule has 26 heavy (non-hydrogen) atoms. The minimum absolute atomic E-state index is 0.00158. The molecule has 2 atom stereocenters. The Hall–Kier alpha value is -2.09. The fourth-order valence-corrected chi connectivity index (χ4v) is 3.49. The van der Waals surface area contributed by atoms with Crippen LogP contribution in [0.3, 0.4) is 0 Å². The summed E-state index contributed by atoms with van der Waals surface area (Å²) in [5, 5.41) is 13.4. The van der Waals surface area contributed by atoms with E-state index < -0.39 is 6.10 Å². The van der Waals surface area contributed by atoms with E-state index in [0.717, 1.165) is 26.2 Å². The van der Waals surface area contributed by atoms with E-state index in [1.807, 2.05) is 18.2 Å². The van der Waals surface area contributed by atoms with Crippen molar-refractivity contribution in [2.45, 2.75) is 12.1 Å². The maximum atomic E-state index is 12.7. The normalized spacial score (nSPS) is 24.5. The van der Waals surface area contributed by atoms with Crippen molar-refractivity contribution < 1.29 is 14.6 Å². The molecule has 2 aliphatic heterocycles. The molecule has 0 radical (unpaired) electrons. The highest BCUT2D eigenvalue weighted by atomic mass is 16.5. The zero-order chi connectivity index (χ0) is 18.5. The van der Waals surface area contributed by atoms with Gasteiger partial charge < -0.3 is 25.0 Å². The fraction of sp³-hybridized carbons (Fsp3) is 0.526. The van der Waals surface area contributed by atoms with Crippen LogP contribution < -0.4 is 10.1 Å². The van der Waals surface area contributed by atoms with E-state index in [2.05, 4.69) is 28.7 Å². The summed E-state index contributed by atoms with van der Waals surface area (Å²) in [7, 11) is 2.11. The number of anilines is 1. The average Bonchev–Trinajstić information content (AvgIpc) is 3.03. The predicted octanol–water partition coefficient (Wildman–Crippen LogP) is 1.08. The second-order valence-electron chi connectivity index (χ2n) is 6.90. The molecule has 0 spiro atoms. The lowest BCUT2D eigenvalue weighted by molar-refractivity contribution is 0.0512. The molecule has 7 nitrogen and oxygen atoms in total. The summed E-state index contributed by atoms with van der Waals surface area (Å²) in [5.74, 6) is 0.608. The number of likely N-dealkylation sites (tertiary alicyclic amines) is 1. The van der Waals surface area contributed by atoms with Crippen LogP contribution in [0.25, 0.3) is 0 Å². The number of piperazine rings is 1. The van der Waals surface area contributed by atoms with E-state index >= 15 is 0 Å². The van der Waals surface area contributed by atoms with Crippen LogP contribution in [0.2, 0.25) is 0 Å². The van der Waals surface area contributed by atoms with Gasteiger partial charge in [0.25, 0.3) is 0 Å². The van der Waals surface area contributed by atoms with Gasteiger partial charge in [0.1, 0.15) is 12.4 Å². The number of urea groups is 1. The Morgan fingerprint density at radius 3 is 2.77 bits per heavy atom. The highest BCUT2D eigenvalue weighted by Crippen LogP contribution is 2.25. The number of para-hydroxylation sites is 2. The molecule has 142 valence electrons. The van der Waals surface area contributed by atoms with E-state index in [4.69, 9.17) is 4.74 Å². The van der Waals surface area contributed by atoms with E-state index in [0.29, 0.717) is 31.1 Å². The Labute approximate surface area is 154 Å². The number of rotatable bonds is 5. The maximum absolute atomic E-state index is 12.7. The molecule has 0 aromatic heterocycles. The Balaban J connectivity index is 1.60. The van der Waals surface area contributed by atoms with Crippen LogP contribution in [0.4, 0.5) is 10.5 Å². The number of likely N-dealkylation sites (N-methyl/N-ethyl adjacent to an activating group) is 1. The fourth-order valence-electron chi connectivity index (χ4n) is 3.49. The molecule has 0 unspecified atom stereocenters. The Kier molecular flexibility index (Phi) is 6.13. The van der Waals surface area contributed by atoms with Crippen molar-refractivity contribution in [2.75, 3.05) is 58.2 Å². The number of β-amino-alcohol motifs (C(OH)–C–C–N with tert-alkyl or cyclic N) is 1. The molecule has 0 saturated carbocycles. The number of nitrogens with zero attached hydrogens (tertiary/aromatic N) is 3. The third kappa shape index (κ3) is 4.35. The Bertz CT molecular complexity index is 631. The lowest BCUT2D eigenvalue weighted by Gasteiger charge is -2.37. The summed E-state index contributed by atoms with van der Waals surface area (Å²) >= 11 is 0. The van der Waals surface area contributed by atoms with Crippen LogP contribution >= 0.6 is 0 Å². The molecule has 2 fully saturated rings. The number of carbonyl (C=O) groups is 1. The first-order chi connectivity index (χ1) is 12.6. The molecule has 2 saturated heterocycles. The lowest BCUT2D eigenvalue weighted by atomic mass is 10.1. The lowest BCUT2D eigenvalue weighted by Crippen LogP contribution is -2.52. The van der Waals surface area contributed by atoms with Gasteiger partial charge in [0.2, 0.25) is 0 Å². The molecule has 2 amide bonds. The van der Waals surface area contributed by atoms with E-state index in [-0.39, 0.29) is 12.1 Å². The van der Waals surface area contributed by atoms with Gasteiger partial charge in [-0.2, -0.15) is 0 Å². The molecule has 2 aliphatic rings. The Morgan fingerprint density at radius 2 is 2.04 bits per heavy atom. The molecular weight excluding hydrogens is 332 g/mol. The molecular formula is C19H28N4O3. The van der Waals surface area contributed by atoms with Crippen molar-refractivity contribution in [3.63, 3.8) is 0 Å². The quantitative estimate of drug-likeness (QED) is 0.769. The zero-order valence-electron chi connectivity index (χ0n) is 15.3. The first-order valence-corrected chi connectivity index (χ1v) is 9.08. The van der Waals surface area contributed by atoms with Crippen LogP contribution in [0.1, 0.15) is 0 Å². The van der Waals surface area contributed by atoms with Gasteiger partial charge in [-0.25, -0.2) is 4.79 Å². The third-order valence-corrected chi connectivity index (χ3v) is 5.04. The monoisotopic (exact) mass is 360 g/mol. The van der Waals surface area contributed by atoms with E-state index in [1.165, 1.54) is 0 Å². The van der Waals surface area contributed by atoms with Gasteiger partial charge in [0.05, 0.1) is 24.4 Å². The molecule has 1 aromatic rings. The SMILES string of the molecule is C=CCOc1ccccc1NC(=O)N1C[C@@H](O)[C@H](N2CCN(C)CC2)C1. The van der Waals surface area contributed by atoms with Gasteiger partial charge >= 0.3 is 6.03 Å². The van der Waals surface area contributed by atoms with Crippen molar-refractivity contribution in [2.24, 2.45) is 0 Å². The second-order valence-corrected chi connectivity index (χ2v) is 6.90. The topological polar surface area (TPSA) is 68.3 Å². The van der Waals surface area contributed by atoms with E-state index in [1.54, 1.807) is 17.0 Å². The number of hydrogen-bond donors (Lipinski definition) is 2. The summed E-state index contributed by atoms with van der Waals surface area (Å²) < 4.78 is 5.58. The van der Waals surface area contributed by atoms with Crippen molar-refractivity contribution in [1.82, 2.24) is 14.7 Å². The van der Waals surface area contributed by atoms with Crippen LogP contribution in [-0.2, 0) is 0 Å². The molecule has 1 aromatic carbocycles. The minimum Gasteiger partial charge on any atom is -0.487 e. The summed E-state index contributed by atoms with van der Waals surface area (Å²) in [6.07, 6.45) is 1.15. The van der Waals surface area contributed by atoms with Crippen LogP contribution in [0.15, 0.2) is 36.9 Å². The van der Waals surface area contributed by atoms with Crippen LogP contribution in [-0.4, -0.2) is 90.9 Å². The first-order valence-electron chi connectivity index (χ1n) is 9.08. The van der Waals surface area contributed by atoms with Gasteiger partial charge in [0.15, 0.2) is 0 Å². The van der Waals surface area contributed by atoms with Crippen LogP contribution in [0, 0.1) is 0 Å². The molecule has 2 N–H and O–H groups in total. The molecule has 3 rings (SSSR count). The van der Waals surface area contributed by atoms with Crippen molar-refractivity contribution in [3.05, 3.63) is 36.9 Å². The zero-order valence-corrected chi connectivity index (χ0v) is 15.3. The molecule has 2 heterocycles. The number of hydrogen-bond acceptors (Lipinski definition) is 5. The number of ether oxygens (including phenoxy) is 1. The summed E-state index contributed by atoms with van der Waals surface area (Å²) in [6.45, 7) is 8.72. The highest BCUT2D eigenvalue weighted by Gasteiger charge is 2.38. The van der Waals surface area contributed by atoms with Gasteiger partial charge in [-0.15, -0.1) is 0 Å². The van der Waals surface area contributed by atoms with Gasteiger partial charge in [-0.3, -0.25) is 4.90 Å². The largest absolute Gasteiger partial charge is 0.487 e. The number of amides is 2. The van der Waals surface area contributed by atoms with Crippen LogP contribution in [0.5, 0.6) is 5.75 Å². The number of carbonyl (C=O) groups excluding carboxylic acids is 1. The number of nitrogens with one attached hydrogen (secondary N) is 1. The molecule has 0 aliphatic carbocycles. The van der Waals surface area contributed by atoms with Crippen molar-refractivity contribution in [3.8, 4) is 5.75 Å². The highest BCUT2D eigenvalue weighted by molar-refractivity contribution is 5.91.